The first-order valence-electron chi connectivity index (χ1n) is 10.2. The second-order valence-corrected chi connectivity index (χ2v) is 7.46. The summed E-state index contributed by atoms with van der Waals surface area (Å²) >= 11 is 0. The number of rotatable bonds is 9. The molecule has 0 radical (unpaired) electrons. The molecule has 9 nitrogen and oxygen atoms in total. The lowest BCUT2D eigenvalue weighted by Gasteiger charge is -2.14. The fourth-order valence-electron chi connectivity index (χ4n) is 3.54. The quantitative estimate of drug-likeness (QED) is 0.385. The minimum absolute atomic E-state index is 0.205. The first-order valence-corrected chi connectivity index (χ1v) is 10.2. The fraction of sp³-hybridized carbons (Fsp3) is 0.381. The van der Waals surface area contributed by atoms with Crippen LogP contribution in [0.5, 0.6) is 0 Å². The minimum atomic E-state index is -0.545. The lowest BCUT2D eigenvalue weighted by atomic mass is 10.2. The van der Waals surface area contributed by atoms with Crippen LogP contribution in [-0.2, 0) is 17.7 Å². The standard InChI is InChI=1S/C21H23FN6O3/c1-2-3-4-5-15-10-27(25-24-15)11-18-12-28(21(30)31-18)17-6-7-20(19(22)8-17)26-9-16(13-29)23-14-26/h6-10,13-14,18H,2-5,11-12H2,1H3/t18-/m0/s1. The third-order valence-corrected chi connectivity index (χ3v) is 5.13. The molecule has 4 rings (SSSR count). The second kappa shape index (κ2) is 9.07. The molecule has 0 spiro atoms. The fourth-order valence-corrected chi connectivity index (χ4v) is 3.54. The summed E-state index contributed by atoms with van der Waals surface area (Å²) in [5.74, 6) is -0.545. The smallest absolute Gasteiger partial charge is 0.414 e. The number of imidazole rings is 1. The molecule has 1 amide bonds. The molecule has 1 saturated heterocycles. The number of cyclic esters (lactones) is 1. The Labute approximate surface area is 178 Å². The van der Waals surface area contributed by atoms with E-state index < -0.39 is 18.0 Å². The topological polar surface area (TPSA) is 95.1 Å². The van der Waals surface area contributed by atoms with Crippen molar-refractivity contribution in [3.8, 4) is 5.69 Å². The van der Waals surface area contributed by atoms with Gasteiger partial charge in [-0.05, 0) is 31.0 Å². The molecule has 1 aliphatic heterocycles. The molecule has 0 N–H and O–H groups in total. The number of hydrogen-bond donors (Lipinski definition) is 0. The van der Waals surface area contributed by atoms with Crippen LogP contribution >= 0.6 is 0 Å². The van der Waals surface area contributed by atoms with Crippen molar-refractivity contribution in [1.29, 1.82) is 0 Å². The molecule has 2 aromatic heterocycles. The third-order valence-electron chi connectivity index (χ3n) is 5.13. The molecule has 162 valence electrons. The van der Waals surface area contributed by atoms with Crippen LogP contribution in [0.1, 0.15) is 42.4 Å². The molecule has 3 heterocycles. The third kappa shape index (κ3) is 4.62. The van der Waals surface area contributed by atoms with Crippen LogP contribution in [0.4, 0.5) is 14.9 Å². The number of aryl methyl sites for hydroxylation is 1. The molecule has 1 aliphatic rings. The molecule has 10 heteroatoms. The van der Waals surface area contributed by atoms with Crippen molar-refractivity contribution in [3.63, 3.8) is 0 Å². The first kappa shape index (κ1) is 20.7. The minimum Gasteiger partial charge on any atom is -0.442 e. The van der Waals surface area contributed by atoms with Crippen LogP contribution < -0.4 is 4.90 Å². The molecular formula is C21H23FN6O3. The highest BCUT2D eigenvalue weighted by Crippen LogP contribution is 2.26. The molecule has 3 aromatic rings. The summed E-state index contributed by atoms with van der Waals surface area (Å²) in [7, 11) is 0. The molecule has 31 heavy (non-hydrogen) atoms. The average molecular weight is 426 g/mol. The van der Waals surface area contributed by atoms with Gasteiger partial charge in [-0.1, -0.05) is 25.0 Å². The zero-order chi connectivity index (χ0) is 21.8. The van der Waals surface area contributed by atoms with E-state index in [-0.39, 0.29) is 17.9 Å². The number of hydrogen-bond acceptors (Lipinski definition) is 6. The number of halogens is 1. The van der Waals surface area contributed by atoms with E-state index in [9.17, 15) is 14.0 Å². The summed E-state index contributed by atoms with van der Waals surface area (Å²) in [6, 6.07) is 4.42. The molecule has 0 unspecified atom stereocenters. The lowest BCUT2D eigenvalue weighted by Crippen LogP contribution is -2.26. The van der Waals surface area contributed by atoms with Crippen molar-refractivity contribution in [1.82, 2.24) is 24.5 Å². The van der Waals surface area contributed by atoms with Gasteiger partial charge < -0.3 is 9.30 Å². The number of carbonyl (C=O) groups is 2. The van der Waals surface area contributed by atoms with Gasteiger partial charge in [-0.3, -0.25) is 9.69 Å². The maximum Gasteiger partial charge on any atom is 0.414 e. The predicted molar refractivity (Wildman–Crippen MR) is 110 cm³/mol. The summed E-state index contributed by atoms with van der Waals surface area (Å²) in [5.41, 5.74) is 1.75. The molecule has 1 fully saturated rings. The second-order valence-electron chi connectivity index (χ2n) is 7.46. The number of ether oxygens (including phenoxy) is 1. The van der Waals surface area contributed by atoms with E-state index in [2.05, 4.69) is 22.2 Å². The number of benzene rings is 1. The number of nitrogens with zero attached hydrogens (tertiary/aromatic N) is 6. The zero-order valence-electron chi connectivity index (χ0n) is 17.1. The monoisotopic (exact) mass is 426 g/mol. The van der Waals surface area contributed by atoms with Crippen LogP contribution in [0.3, 0.4) is 0 Å². The van der Waals surface area contributed by atoms with Crippen molar-refractivity contribution >= 4 is 18.1 Å². The van der Waals surface area contributed by atoms with E-state index in [0.717, 1.165) is 31.4 Å². The number of unbranched alkanes of at least 4 members (excludes halogenated alkanes) is 2. The molecular weight excluding hydrogens is 403 g/mol. The highest BCUT2D eigenvalue weighted by atomic mass is 19.1. The number of amides is 1. The van der Waals surface area contributed by atoms with Crippen LogP contribution in [-0.4, -0.2) is 49.6 Å². The van der Waals surface area contributed by atoms with E-state index in [1.54, 1.807) is 10.7 Å². The van der Waals surface area contributed by atoms with Crippen molar-refractivity contribution in [2.24, 2.45) is 0 Å². The van der Waals surface area contributed by atoms with Gasteiger partial charge in [0.25, 0.3) is 0 Å². The lowest BCUT2D eigenvalue weighted by molar-refractivity contribution is 0.111. The average Bonchev–Trinajstić information content (AvgIpc) is 3.49. The van der Waals surface area contributed by atoms with Crippen LogP contribution in [0.25, 0.3) is 5.69 Å². The maximum absolute atomic E-state index is 14.7. The summed E-state index contributed by atoms with van der Waals surface area (Å²) in [6.07, 6.45) is 8.54. The molecule has 0 aliphatic carbocycles. The van der Waals surface area contributed by atoms with Crippen molar-refractivity contribution in [3.05, 3.63) is 54.1 Å². The number of carbonyl (C=O) groups excluding carboxylic acids is 2. The Morgan fingerprint density at radius 3 is 2.90 bits per heavy atom. The Morgan fingerprint density at radius 1 is 1.29 bits per heavy atom. The Kier molecular flexibility index (Phi) is 6.06. The highest BCUT2D eigenvalue weighted by molar-refractivity contribution is 5.89. The van der Waals surface area contributed by atoms with Crippen molar-refractivity contribution in [2.45, 2.75) is 45.3 Å². The maximum atomic E-state index is 14.7. The van der Waals surface area contributed by atoms with E-state index in [0.29, 0.717) is 18.5 Å². The molecule has 0 bridgehead atoms. The molecule has 1 aromatic carbocycles. The van der Waals surface area contributed by atoms with Gasteiger partial charge in [-0.25, -0.2) is 18.9 Å². The first-order chi connectivity index (χ1) is 15.1. The van der Waals surface area contributed by atoms with Crippen molar-refractivity contribution in [2.75, 3.05) is 11.4 Å². The molecule has 1 atom stereocenters. The van der Waals surface area contributed by atoms with E-state index >= 15 is 0 Å². The Morgan fingerprint density at radius 2 is 2.16 bits per heavy atom. The van der Waals surface area contributed by atoms with Crippen LogP contribution in [0.15, 0.2) is 36.9 Å². The normalized spacial score (nSPS) is 16.0. The zero-order valence-corrected chi connectivity index (χ0v) is 17.1. The molecule has 0 saturated carbocycles. The largest absolute Gasteiger partial charge is 0.442 e. The number of aldehydes is 1. The van der Waals surface area contributed by atoms with Gasteiger partial charge in [0.2, 0.25) is 0 Å². The van der Waals surface area contributed by atoms with Gasteiger partial charge in [0.15, 0.2) is 6.29 Å². The summed E-state index contributed by atoms with van der Waals surface area (Å²) in [6.45, 7) is 2.81. The Balaban J connectivity index is 1.41. The Bertz CT molecular complexity index is 1080. The van der Waals surface area contributed by atoms with E-state index in [1.165, 1.54) is 34.1 Å². The number of anilines is 1. The Hall–Kier alpha value is -3.56. The van der Waals surface area contributed by atoms with E-state index in [1.807, 2.05) is 6.20 Å². The predicted octanol–water partition coefficient (Wildman–Crippen LogP) is 3.17. The van der Waals surface area contributed by atoms with Gasteiger partial charge in [0.1, 0.15) is 23.9 Å². The van der Waals surface area contributed by atoms with Gasteiger partial charge in [-0.15, -0.1) is 5.10 Å². The van der Waals surface area contributed by atoms with Crippen LogP contribution in [0, 0.1) is 5.82 Å². The summed E-state index contributed by atoms with van der Waals surface area (Å²) in [4.78, 5) is 28.4. The summed E-state index contributed by atoms with van der Waals surface area (Å²) in [5, 5.41) is 8.28. The van der Waals surface area contributed by atoms with Crippen LogP contribution in [0.2, 0.25) is 0 Å². The van der Waals surface area contributed by atoms with Crippen molar-refractivity contribution < 1.29 is 18.7 Å². The van der Waals surface area contributed by atoms with Gasteiger partial charge in [-0.2, -0.15) is 0 Å². The van der Waals surface area contributed by atoms with Gasteiger partial charge >= 0.3 is 6.09 Å². The van der Waals surface area contributed by atoms with Gasteiger partial charge in [0.05, 0.1) is 30.2 Å². The summed E-state index contributed by atoms with van der Waals surface area (Å²) < 4.78 is 23.2. The van der Waals surface area contributed by atoms with E-state index in [4.69, 9.17) is 4.74 Å². The SMILES string of the molecule is CCCCCc1cn(C[C@H]2CN(c3ccc(-n4cnc(C=O)c4)c(F)c3)C(=O)O2)nn1. The number of aromatic nitrogens is 5. The highest BCUT2D eigenvalue weighted by Gasteiger charge is 2.33. The van der Waals surface area contributed by atoms with Gasteiger partial charge in [0, 0.05) is 12.4 Å².